The van der Waals surface area contributed by atoms with Crippen molar-refractivity contribution in [3.8, 4) is 0 Å². The van der Waals surface area contributed by atoms with Crippen LogP contribution in [0.5, 0.6) is 0 Å². The second kappa shape index (κ2) is 3.93. The van der Waals surface area contributed by atoms with Crippen LogP contribution in [0.1, 0.15) is 11.6 Å². The molecule has 6 heteroatoms. The van der Waals surface area contributed by atoms with Gasteiger partial charge in [0.25, 0.3) is 5.92 Å². The van der Waals surface area contributed by atoms with Crippen LogP contribution in [0.3, 0.4) is 0 Å². The van der Waals surface area contributed by atoms with E-state index in [1.807, 2.05) is 0 Å². The monoisotopic (exact) mass is 206 g/mol. The number of pyridine rings is 1. The van der Waals surface area contributed by atoms with Crippen molar-refractivity contribution in [2.75, 3.05) is 6.61 Å². The van der Waals surface area contributed by atoms with Crippen molar-refractivity contribution >= 4 is 0 Å². The Morgan fingerprint density at radius 3 is 2.71 bits per heavy atom. The first-order valence-corrected chi connectivity index (χ1v) is 3.83. The fourth-order valence-corrected chi connectivity index (χ4v) is 0.956. The number of aliphatic hydroxyl groups excluding tert-OH is 1. The van der Waals surface area contributed by atoms with Crippen molar-refractivity contribution in [1.29, 1.82) is 0 Å². The molecule has 1 atom stereocenters. The number of nitrogens with zero attached hydrogens (tertiary/aromatic N) is 1. The Hall–Kier alpha value is -1.14. The Labute approximate surface area is 78.4 Å². The molecule has 3 N–H and O–H groups in total. The largest absolute Gasteiger partial charge is 0.390 e. The molecule has 0 fully saturated rings. The highest BCUT2D eigenvalue weighted by molar-refractivity contribution is 5.17. The molecule has 0 unspecified atom stereocenters. The molecule has 0 aliphatic heterocycles. The Kier molecular flexibility index (Phi) is 3.07. The molecule has 0 amide bonds. The van der Waals surface area contributed by atoms with Crippen molar-refractivity contribution < 1.29 is 18.3 Å². The average Bonchev–Trinajstić information content (AvgIpc) is 2.17. The van der Waals surface area contributed by atoms with E-state index in [-0.39, 0.29) is 0 Å². The molecule has 0 bridgehead atoms. The molecule has 3 nitrogen and oxygen atoms in total. The van der Waals surface area contributed by atoms with Crippen LogP contribution in [0.15, 0.2) is 18.3 Å². The van der Waals surface area contributed by atoms with E-state index >= 15 is 0 Å². The average molecular weight is 206 g/mol. The van der Waals surface area contributed by atoms with Gasteiger partial charge in [0, 0.05) is 11.8 Å². The number of alkyl halides is 2. The highest BCUT2D eigenvalue weighted by Gasteiger charge is 2.38. The predicted octanol–water partition coefficient (Wildman–Crippen LogP) is 0.848. The summed E-state index contributed by atoms with van der Waals surface area (Å²) in [5.41, 5.74) is 4.68. The molecular formula is C8H9F3N2O. The summed E-state index contributed by atoms with van der Waals surface area (Å²) in [4.78, 5) is 3.19. The second-order valence-electron chi connectivity index (χ2n) is 2.78. The first kappa shape index (κ1) is 10.9. The fourth-order valence-electron chi connectivity index (χ4n) is 0.956. The van der Waals surface area contributed by atoms with Crippen molar-refractivity contribution in [3.05, 3.63) is 29.8 Å². The normalized spacial score (nSPS) is 14.1. The third-order valence-electron chi connectivity index (χ3n) is 1.79. The standard InChI is InChI=1S/C8H9F3N2O/c9-7-5(2-1-3-13-7)6(12)8(10,11)4-14/h1-3,6,14H,4,12H2/t6-/m0/s1. The third-order valence-corrected chi connectivity index (χ3v) is 1.79. The molecule has 1 rings (SSSR count). The molecule has 78 valence electrons. The molecule has 0 saturated heterocycles. The van der Waals surface area contributed by atoms with E-state index in [4.69, 9.17) is 10.8 Å². The van der Waals surface area contributed by atoms with E-state index in [1.165, 1.54) is 6.07 Å². The minimum atomic E-state index is -3.55. The van der Waals surface area contributed by atoms with Crippen LogP contribution < -0.4 is 5.73 Å². The van der Waals surface area contributed by atoms with Gasteiger partial charge in [-0.15, -0.1) is 0 Å². The topological polar surface area (TPSA) is 59.1 Å². The van der Waals surface area contributed by atoms with Crippen LogP contribution in [0.25, 0.3) is 0 Å². The van der Waals surface area contributed by atoms with Crippen molar-refractivity contribution in [2.24, 2.45) is 5.73 Å². The summed E-state index contributed by atoms with van der Waals surface area (Å²) in [5, 5.41) is 8.34. The van der Waals surface area contributed by atoms with Crippen molar-refractivity contribution in [2.45, 2.75) is 12.0 Å². The van der Waals surface area contributed by atoms with E-state index in [0.29, 0.717) is 0 Å². The van der Waals surface area contributed by atoms with Gasteiger partial charge >= 0.3 is 0 Å². The lowest BCUT2D eigenvalue weighted by Crippen LogP contribution is -2.36. The minimum Gasteiger partial charge on any atom is -0.390 e. The maximum absolute atomic E-state index is 12.9. The minimum absolute atomic E-state index is 0.411. The number of halogens is 3. The molecule has 0 aromatic carbocycles. The first-order chi connectivity index (χ1) is 6.49. The van der Waals surface area contributed by atoms with E-state index in [9.17, 15) is 13.2 Å². The molecule has 1 aromatic heterocycles. The van der Waals surface area contributed by atoms with E-state index in [0.717, 1.165) is 12.3 Å². The molecule has 1 aromatic rings. The Bertz CT molecular complexity index is 319. The van der Waals surface area contributed by atoms with Gasteiger partial charge in [-0.1, -0.05) is 6.07 Å². The summed E-state index contributed by atoms with van der Waals surface area (Å²) < 4.78 is 38.6. The second-order valence-corrected chi connectivity index (χ2v) is 2.78. The Morgan fingerprint density at radius 1 is 1.57 bits per heavy atom. The summed E-state index contributed by atoms with van der Waals surface area (Å²) in [6.45, 7) is -1.43. The molecule has 1 heterocycles. The Morgan fingerprint density at radius 2 is 2.21 bits per heavy atom. The summed E-state index contributed by atoms with van der Waals surface area (Å²) in [6, 6.07) is 0.517. The van der Waals surface area contributed by atoms with Crippen LogP contribution in [-0.4, -0.2) is 22.6 Å². The molecule has 0 radical (unpaired) electrons. The van der Waals surface area contributed by atoms with Gasteiger partial charge in [-0.05, 0) is 6.07 Å². The molecule has 0 aliphatic rings. The number of nitrogens with two attached hydrogens (primary N) is 1. The SMILES string of the molecule is N[C@@H](c1cccnc1F)C(F)(F)CO. The molecular weight excluding hydrogens is 197 g/mol. The van der Waals surface area contributed by atoms with Crippen LogP contribution in [0.2, 0.25) is 0 Å². The third kappa shape index (κ3) is 2.02. The summed E-state index contributed by atoms with van der Waals surface area (Å²) in [6.07, 6.45) is 1.13. The lowest BCUT2D eigenvalue weighted by molar-refractivity contribution is -0.0720. The number of aliphatic hydroxyl groups is 1. The molecule has 0 aliphatic carbocycles. The summed E-state index contributed by atoms with van der Waals surface area (Å²) in [5.74, 6) is -4.60. The van der Waals surface area contributed by atoms with Gasteiger partial charge < -0.3 is 10.8 Å². The summed E-state index contributed by atoms with van der Waals surface area (Å²) in [7, 11) is 0. The van der Waals surface area contributed by atoms with Gasteiger partial charge in [0.05, 0.1) is 0 Å². The number of aromatic nitrogens is 1. The van der Waals surface area contributed by atoms with Crippen LogP contribution >= 0.6 is 0 Å². The van der Waals surface area contributed by atoms with E-state index in [1.54, 1.807) is 0 Å². The van der Waals surface area contributed by atoms with Gasteiger partial charge in [0.15, 0.2) is 0 Å². The highest BCUT2D eigenvalue weighted by Crippen LogP contribution is 2.29. The summed E-state index contributed by atoms with van der Waals surface area (Å²) >= 11 is 0. The van der Waals surface area contributed by atoms with E-state index in [2.05, 4.69) is 4.98 Å². The maximum atomic E-state index is 12.9. The number of rotatable bonds is 3. The first-order valence-electron chi connectivity index (χ1n) is 3.83. The smallest absolute Gasteiger partial charge is 0.289 e. The predicted molar refractivity (Wildman–Crippen MR) is 43.2 cm³/mol. The molecule has 14 heavy (non-hydrogen) atoms. The number of hydrogen-bond acceptors (Lipinski definition) is 3. The zero-order valence-corrected chi connectivity index (χ0v) is 7.12. The number of hydrogen-bond donors (Lipinski definition) is 2. The van der Waals surface area contributed by atoms with Gasteiger partial charge in [-0.3, -0.25) is 0 Å². The van der Waals surface area contributed by atoms with Crippen LogP contribution in [-0.2, 0) is 0 Å². The van der Waals surface area contributed by atoms with Crippen LogP contribution in [0, 0.1) is 5.95 Å². The van der Waals surface area contributed by atoms with Crippen molar-refractivity contribution in [1.82, 2.24) is 4.98 Å². The van der Waals surface area contributed by atoms with Gasteiger partial charge in [0.1, 0.15) is 12.6 Å². The van der Waals surface area contributed by atoms with Gasteiger partial charge in [0.2, 0.25) is 5.95 Å². The highest BCUT2D eigenvalue weighted by atomic mass is 19.3. The van der Waals surface area contributed by atoms with Gasteiger partial charge in [-0.2, -0.15) is 4.39 Å². The Balaban J connectivity index is 3.00. The zero-order chi connectivity index (χ0) is 10.8. The van der Waals surface area contributed by atoms with Crippen LogP contribution in [0.4, 0.5) is 13.2 Å². The van der Waals surface area contributed by atoms with Crippen molar-refractivity contribution in [3.63, 3.8) is 0 Å². The lowest BCUT2D eigenvalue weighted by Gasteiger charge is -2.21. The maximum Gasteiger partial charge on any atom is 0.289 e. The van der Waals surface area contributed by atoms with E-state index < -0.39 is 30.1 Å². The molecule has 0 saturated carbocycles. The zero-order valence-electron chi connectivity index (χ0n) is 7.12. The quantitative estimate of drug-likeness (QED) is 0.721. The lowest BCUT2D eigenvalue weighted by atomic mass is 10.0. The molecule has 0 spiro atoms. The van der Waals surface area contributed by atoms with Gasteiger partial charge in [-0.25, -0.2) is 13.8 Å². The fraction of sp³-hybridized carbons (Fsp3) is 0.375.